The van der Waals surface area contributed by atoms with Crippen LogP contribution >= 0.6 is 15.9 Å². The first-order valence-corrected chi connectivity index (χ1v) is 12.2. The van der Waals surface area contributed by atoms with Crippen LogP contribution in [0.25, 0.3) is 0 Å². The van der Waals surface area contributed by atoms with Gasteiger partial charge >= 0.3 is 12.1 Å². The van der Waals surface area contributed by atoms with Crippen LogP contribution in [0.15, 0.2) is 65.1 Å². The van der Waals surface area contributed by atoms with Crippen LogP contribution in [0.4, 0.5) is 13.6 Å². The molecule has 3 aromatic carbocycles. The van der Waals surface area contributed by atoms with E-state index in [9.17, 15) is 18.4 Å². The third-order valence-electron chi connectivity index (χ3n) is 5.77. The van der Waals surface area contributed by atoms with Crippen LogP contribution in [0, 0.1) is 11.6 Å². The molecule has 4 rings (SSSR count). The van der Waals surface area contributed by atoms with Gasteiger partial charge in [-0.1, -0.05) is 46.3 Å². The van der Waals surface area contributed by atoms with Crippen molar-refractivity contribution in [2.75, 3.05) is 19.8 Å². The van der Waals surface area contributed by atoms with E-state index < -0.39 is 29.7 Å². The number of halogens is 3. The van der Waals surface area contributed by atoms with E-state index in [-0.39, 0.29) is 26.4 Å². The minimum Gasteiger partial charge on any atom is -0.482 e. The molecule has 1 atom stereocenters. The highest BCUT2D eigenvalue weighted by Crippen LogP contribution is 2.41. The standard InChI is InChI=1S/C27H24BrF2NO5/c1-2-34-25(32)16-35-24-9-8-19(28)13-21(24)26-20-14-23(30)22(29)12-18(20)10-11-31(26)27(33)36-15-17-6-4-3-5-7-17/h3-9,12-14,26H,2,10-11,15-16H2,1H3. The molecule has 0 aliphatic carbocycles. The van der Waals surface area contributed by atoms with Gasteiger partial charge in [-0.15, -0.1) is 0 Å². The maximum absolute atomic E-state index is 14.4. The van der Waals surface area contributed by atoms with Crippen LogP contribution in [0.5, 0.6) is 5.75 Å². The maximum atomic E-state index is 14.4. The zero-order valence-electron chi connectivity index (χ0n) is 19.5. The number of fused-ring (bicyclic) bond motifs is 1. The number of amides is 1. The number of rotatable bonds is 7. The SMILES string of the molecule is CCOC(=O)COc1ccc(Br)cc1C1c2cc(F)c(F)cc2CCN1C(=O)OCc1ccccc1. The van der Waals surface area contributed by atoms with Crippen LogP contribution in [0.1, 0.15) is 35.2 Å². The molecule has 0 bridgehead atoms. The quantitative estimate of drug-likeness (QED) is 0.334. The van der Waals surface area contributed by atoms with Crippen LogP contribution < -0.4 is 4.74 Å². The van der Waals surface area contributed by atoms with E-state index >= 15 is 0 Å². The van der Waals surface area contributed by atoms with Gasteiger partial charge in [-0.3, -0.25) is 4.90 Å². The number of carbonyl (C=O) groups is 2. The fourth-order valence-electron chi connectivity index (χ4n) is 4.15. The van der Waals surface area contributed by atoms with Crippen molar-refractivity contribution in [2.24, 2.45) is 0 Å². The molecular formula is C27H24BrF2NO5. The molecule has 0 saturated carbocycles. The number of hydrogen-bond donors (Lipinski definition) is 0. The lowest BCUT2D eigenvalue weighted by molar-refractivity contribution is -0.145. The molecule has 0 N–H and O–H groups in total. The molecule has 0 radical (unpaired) electrons. The molecule has 188 valence electrons. The van der Waals surface area contributed by atoms with Crippen molar-refractivity contribution in [1.29, 1.82) is 0 Å². The van der Waals surface area contributed by atoms with Crippen molar-refractivity contribution >= 4 is 28.0 Å². The summed E-state index contributed by atoms with van der Waals surface area (Å²) < 4.78 is 45.4. The molecule has 0 fully saturated rings. The minimum atomic E-state index is -1.03. The van der Waals surface area contributed by atoms with Crippen molar-refractivity contribution in [3.63, 3.8) is 0 Å². The molecule has 1 unspecified atom stereocenters. The lowest BCUT2D eigenvalue weighted by Crippen LogP contribution is -2.41. The first kappa shape index (κ1) is 25.6. The molecule has 0 spiro atoms. The van der Waals surface area contributed by atoms with Gasteiger partial charge in [-0.05, 0) is 60.4 Å². The van der Waals surface area contributed by atoms with Gasteiger partial charge in [0.05, 0.1) is 12.6 Å². The summed E-state index contributed by atoms with van der Waals surface area (Å²) in [6.07, 6.45) is -0.299. The molecule has 1 heterocycles. The van der Waals surface area contributed by atoms with Crippen LogP contribution in [-0.2, 0) is 27.3 Å². The predicted octanol–water partition coefficient (Wildman–Crippen LogP) is 5.95. The van der Waals surface area contributed by atoms with E-state index in [4.69, 9.17) is 14.2 Å². The Hall–Kier alpha value is -3.46. The lowest BCUT2D eigenvalue weighted by atomic mass is 9.87. The number of hydrogen-bond acceptors (Lipinski definition) is 5. The van der Waals surface area contributed by atoms with E-state index in [0.717, 1.165) is 17.7 Å². The Labute approximate surface area is 215 Å². The largest absolute Gasteiger partial charge is 0.482 e. The summed E-state index contributed by atoms with van der Waals surface area (Å²) in [6, 6.07) is 15.7. The Morgan fingerprint density at radius 1 is 1.00 bits per heavy atom. The van der Waals surface area contributed by atoms with Crippen molar-refractivity contribution < 1.29 is 32.6 Å². The average Bonchev–Trinajstić information content (AvgIpc) is 2.87. The second-order valence-corrected chi connectivity index (χ2v) is 9.04. The third-order valence-corrected chi connectivity index (χ3v) is 6.26. The maximum Gasteiger partial charge on any atom is 0.410 e. The Morgan fingerprint density at radius 2 is 1.75 bits per heavy atom. The average molecular weight is 560 g/mol. The van der Waals surface area contributed by atoms with Gasteiger partial charge in [-0.2, -0.15) is 0 Å². The van der Waals surface area contributed by atoms with Crippen molar-refractivity contribution in [3.05, 3.63) is 99.0 Å². The van der Waals surface area contributed by atoms with E-state index in [1.165, 1.54) is 4.90 Å². The van der Waals surface area contributed by atoms with Gasteiger partial charge < -0.3 is 14.2 Å². The highest BCUT2D eigenvalue weighted by Gasteiger charge is 2.36. The molecule has 0 saturated heterocycles. The molecule has 0 aromatic heterocycles. The van der Waals surface area contributed by atoms with Crippen molar-refractivity contribution in [2.45, 2.75) is 26.0 Å². The van der Waals surface area contributed by atoms with Crippen molar-refractivity contribution in [1.82, 2.24) is 4.90 Å². The number of nitrogens with zero attached hydrogens (tertiary/aromatic N) is 1. The van der Waals surface area contributed by atoms with Gasteiger partial charge in [0.25, 0.3) is 0 Å². The molecule has 1 amide bonds. The first-order valence-electron chi connectivity index (χ1n) is 11.4. The Kier molecular flexibility index (Phi) is 8.20. The normalized spacial score (nSPS) is 14.7. The van der Waals surface area contributed by atoms with Crippen molar-refractivity contribution in [3.8, 4) is 5.75 Å². The summed E-state index contributed by atoms with van der Waals surface area (Å²) in [5.41, 5.74) is 2.28. The Balaban J connectivity index is 1.72. The summed E-state index contributed by atoms with van der Waals surface area (Å²) in [5, 5.41) is 0. The van der Waals surface area contributed by atoms with E-state index in [1.807, 2.05) is 30.3 Å². The zero-order valence-corrected chi connectivity index (χ0v) is 21.1. The minimum absolute atomic E-state index is 0.0538. The van der Waals surface area contributed by atoms with E-state index in [0.29, 0.717) is 33.3 Å². The molecule has 6 nitrogen and oxygen atoms in total. The van der Waals surface area contributed by atoms with Crippen LogP contribution in [0.3, 0.4) is 0 Å². The summed E-state index contributed by atoms with van der Waals surface area (Å²) in [4.78, 5) is 26.6. The Bertz CT molecular complexity index is 1250. The van der Waals surface area contributed by atoms with Gasteiger partial charge in [0.1, 0.15) is 12.4 Å². The lowest BCUT2D eigenvalue weighted by Gasteiger charge is -2.37. The second kappa shape index (κ2) is 11.5. The first-order chi connectivity index (χ1) is 17.4. The summed E-state index contributed by atoms with van der Waals surface area (Å²) in [5.74, 6) is -2.24. The number of esters is 1. The summed E-state index contributed by atoms with van der Waals surface area (Å²) >= 11 is 3.44. The predicted molar refractivity (Wildman–Crippen MR) is 132 cm³/mol. The van der Waals surface area contributed by atoms with Gasteiger partial charge in [0, 0.05) is 16.6 Å². The number of ether oxygens (including phenoxy) is 3. The van der Waals surface area contributed by atoms with Gasteiger partial charge in [0.2, 0.25) is 0 Å². The topological polar surface area (TPSA) is 65.1 Å². The number of benzene rings is 3. The van der Waals surface area contributed by atoms with Crippen LogP contribution in [0.2, 0.25) is 0 Å². The molecule has 36 heavy (non-hydrogen) atoms. The van der Waals surface area contributed by atoms with E-state index in [1.54, 1.807) is 25.1 Å². The summed E-state index contributed by atoms with van der Waals surface area (Å²) in [7, 11) is 0. The fraction of sp³-hybridized carbons (Fsp3) is 0.259. The molecule has 3 aromatic rings. The molecular weight excluding hydrogens is 536 g/mol. The number of carbonyl (C=O) groups excluding carboxylic acids is 2. The van der Waals surface area contributed by atoms with E-state index in [2.05, 4.69) is 15.9 Å². The zero-order chi connectivity index (χ0) is 25.7. The monoisotopic (exact) mass is 559 g/mol. The highest BCUT2D eigenvalue weighted by molar-refractivity contribution is 9.10. The van der Waals surface area contributed by atoms with Gasteiger partial charge in [-0.25, -0.2) is 18.4 Å². The smallest absolute Gasteiger partial charge is 0.410 e. The molecule has 1 aliphatic rings. The third kappa shape index (κ3) is 5.84. The van der Waals surface area contributed by atoms with Gasteiger partial charge in [0.15, 0.2) is 18.2 Å². The fourth-order valence-corrected chi connectivity index (χ4v) is 4.53. The highest BCUT2D eigenvalue weighted by atomic mass is 79.9. The molecule has 1 aliphatic heterocycles. The van der Waals surface area contributed by atoms with Crippen LogP contribution in [-0.4, -0.2) is 36.7 Å². The second-order valence-electron chi connectivity index (χ2n) is 8.13. The summed E-state index contributed by atoms with van der Waals surface area (Å²) in [6.45, 7) is 1.81. The Morgan fingerprint density at radius 3 is 2.50 bits per heavy atom. The molecule has 9 heteroatoms.